The molecular formula is C32H30ClN5O6S2. The molecule has 11 nitrogen and oxygen atoms in total. The number of nitrogens with one attached hydrogen (secondary N) is 2. The number of carbonyl (C=O) groups excluding carboxylic acids is 4. The van der Waals surface area contributed by atoms with Gasteiger partial charge in [0.05, 0.1) is 0 Å². The Morgan fingerprint density at radius 1 is 1.15 bits per heavy atom. The minimum atomic E-state index is -1.15. The lowest BCUT2D eigenvalue weighted by molar-refractivity contribution is -0.164. The fourth-order valence-corrected chi connectivity index (χ4v) is 8.02. The van der Waals surface area contributed by atoms with E-state index in [0.717, 1.165) is 35.3 Å². The van der Waals surface area contributed by atoms with Crippen LogP contribution in [0.3, 0.4) is 0 Å². The second kappa shape index (κ2) is 14.1. The molecule has 3 aliphatic rings. The van der Waals surface area contributed by atoms with Crippen LogP contribution in [0.15, 0.2) is 83.4 Å². The van der Waals surface area contributed by atoms with E-state index in [-0.39, 0.29) is 46.7 Å². The maximum Gasteiger partial charge on any atom is 0.316 e. The zero-order chi connectivity index (χ0) is 32.1. The summed E-state index contributed by atoms with van der Waals surface area (Å²) >= 11 is 8.93. The first-order valence-corrected chi connectivity index (χ1v) is 17.1. The number of hydrogen-bond donors (Lipinski definition) is 2. The first kappa shape index (κ1) is 31.8. The Labute approximate surface area is 278 Å². The predicted octanol–water partition coefficient (Wildman–Crippen LogP) is 4.11. The van der Waals surface area contributed by atoms with Crippen molar-refractivity contribution in [1.29, 1.82) is 0 Å². The van der Waals surface area contributed by atoms with Gasteiger partial charge in [0.15, 0.2) is 16.9 Å². The minimum Gasteiger partial charge on any atom is -0.452 e. The van der Waals surface area contributed by atoms with Crippen molar-refractivity contribution in [1.82, 2.24) is 15.2 Å². The van der Waals surface area contributed by atoms with Gasteiger partial charge in [0.1, 0.15) is 28.6 Å². The first-order chi connectivity index (χ1) is 22.4. The van der Waals surface area contributed by atoms with Gasteiger partial charge < -0.3 is 25.1 Å². The van der Waals surface area contributed by atoms with Crippen LogP contribution in [-0.4, -0.2) is 75.5 Å². The normalized spacial score (nSPS) is 23.8. The van der Waals surface area contributed by atoms with Crippen molar-refractivity contribution in [3.8, 4) is 0 Å². The molecule has 4 atom stereocenters. The van der Waals surface area contributed by atoms with Gasteiger partial charge in [-0.15, -0.1) is 34.7 Å². The number of esters is 1. The molecule has 2 aromatic carbocycles. The average molecular weight is 680 g/mol. The molecule has 0 bridgehead atoms. The van der Waals surface area contributed by atoms with Crippen molar-refractivity contribution in [3.05, 3.63) is 95.0 Å². The Kier molecular flexibility index (Phi) is 9.71. The number of carbonyl (C=O) groups is 4. The molecule has 6 rings (SSSR count). The van der Waals surface area contributed by atoms with Gasteiger partial charge in [-0.1, -0.05) is 71.9 Å². The number of allylic oxidation sites excluding steroid dienone is 1. The summed E-state index contributed by atoms with van der Waals surface area (Å²) in [6.07, 6.45) is 4.96. The van der Waals surface area contributed by atoms with E-state index in [1.807, 2.05) is 72.8 Å². The lowest BCUT2D eigenvalue weighted by atomic mass is 9.88. The van der Waals surface area contributed by atoms with Crippen molar-refractivity contribution in [2.45, 2.75) is 36.5 Å². The van der Waals surface area contributed by atoms with Gasteiger partial charge in [0, 0.05) is 23.6 Å². The molecule has 3 aromatic rings. The Morgan fingerprint density at radius 2 is 1.87 bits per heavy atom. The van der Waals surface area contributed by atoms with E-state index in [4.69, 9.17) is 21.2 Å². The molecule has 1 aliphatic carbocycles. The zero-order valence-electron chi connectivity index (χ0n) is 24.4. The molecule has 14 heteroatoms. The summed E-state index contributed by atoms with van der Waals surface area (Å²) in [4.78, 5) is 63.0. The maximum atomic E-state index is 13.8. The molecule has 3 unspecified atom stereocenters. The fourth-order valence-electron chi connectivity index (χ4n) is 5.43. The highest BCUT2D eigenvalue weighted by Crippen LogP contribution is 2.44. The van der Waals surface area contributed by atoms with Crippen LogP contribution in [-0.2, 0) is 28.8 Å². The number of rotatable bonds is 12. The predicted molar refractivity (Wildman–Crippen MR) is 175 cm³/mol. The van der Waals surface area contributed by atoms with Crippen LogP contribution in [0.5, 0.6) is 0 Å². The molecule has 0 spiro atoms. The van der Waals surface area contributed by atoms with E-state index in [0.29, 0.717) is 6.41 Å². The third-order valence-corrected chi connectivity index (χ3v) is 10.8. The molecule has 3 amide bonds. The Morgan fingerprint density at radius 3 is 2.50 bits per heavy atom. The number of anilines is 1. The van der Waals surface area contributed by atoms with E-state index in [1.54, 1.807) is 10.3 Å². The molecule has 2 N–H and O–H groups in total. The van der Waals surface area contributed by atoms with E-state index in [9.17, 15) is 19.2 Å². The molecule has 0 saturated carbocycles. The smallest absolute Gasteiger partial charge is 0.316 e. The van der Waals surface area contributed by atoms with Crippen molar-refractivity contribution < 1.29 is 28.8 Å². The highest BCUT2D eigenvalue weighted by molar-refractivity contribution is 8.00. The van der Waals surface area contributed by atoms with Crippen molar-refractivity contribution >= 4 is 69.7 Å². The largest absolute Gasteiger partial charge is 0.452 e. The average Bonchev–Trinajstić information content (AvgIpc) is 3.79. The van der Waals surface area contributed by atoms with E-state index in [2.05, 4.69) is 20.8 Å². The molecule has 2 saturated heterocycles. The number of halogens is 1. The zero-order valence-corrected chi connectivity index (χ0v) is 26.8. The van der Waals surface area contributed by atoms with Crippen LogP contribution in [0.2, 0.25) is 0 Å². The Balaban J connectivity index is 1.15. The number of oxime groups is 1. The van der Waals surface area contributed by atoms with Crippen molar-refractivity contribution in [2.75, 3.05) is 23.5 Å². The number of benzene rings is 2. The number of thiazole rings is 1. The topological polar surface area (TPSA) is 139 Å². The third-order valence-electron chi connectivity index (χ3n) is 7.94. The van der Waals surface area contributed by atoms with Crippen molar-refractivity contribution in [3.63, 3.8) is 0 Å². The summed E-state index contributed by atoms with van der Waals surface area (Å²) in [5.74, 6) is -1.26. The van der Waals surface area contributed by atoms with Gasteiger partial charge in [0.25, 0.3) is 5.91 Å². The van der Waals surface area contributed by atoms with E-state index in [1.165, 1.54) is 11.8 Å². The van der Waals surface area contributed by atoms with E-state index >= 15 is 0 Å². The van der Waals surface area contributed by atoms with Crippen LogP contribution in [0.4, 0.5) is 5.13 Å². The lowest BCUT2D eigenvalue weighted by Crippen LogP contribution is -2.74. The van der Waals surface area contributed by atoms with Crippen LogP contribution in [0.25, 0.3) is 0 Å². The number of fused-ring (bicyclic) bond motifs is 1. The summed E-state index contributed by atoms with van der Waals surface area (Å²) in [5, 5.41) is 10.8. The fraction of sp³-hybridized carbons (Fsp3) is 0.312. The van der Waals surface area contributed by atoms with Gasteiger partial charge in [-0.05, 0) is 30.0 Å². The van der Waals surface area contributed by atoms with Gasteiger partial charge in [-0.2, -0.15) is 0 Å². The summed E-state index contributed by atoms with van der Waals surface area (Å²) in [6, 6.07) is 18.1. The second-order valence-corrected chi connectivity index (χ2v) is 13.3. The number of nitrogens with zero attached hydrogens (tertiary/aromatic N) is 3. The minimum absolute atomic E-state index is 0.0482. The molecule has 1 aromatic heterocycles. The number of β-lactam (4-membered cyclic amide) rings is 1. The second-order valence-electron chi connectivity index (χ2n) is 11.0. The van der Waals surface area contributed by atoms with Crippen LogP contribution >= 0.6 is 34.7 Å². The molecular weight excluding hydrogens is 650 g/mol. The van der Waals surface area contributed by atoms with Gasteiger partial charge in [-0.3, -0.25) is 19.2 Å². The van der Waals surface area contributed by atoms with Crippen molar-refractivity contribution in [2.24, 2.45) is 10.6 Å². The number of thioether (sulfide) groups is 1. The monoisotopic (exact) mass is 679 g/mol. The standard InChI is InChI=1S/C32H30ClN5O6S2/c33-16-32(30(42)43-26(20-9-3-1-4-10-20)21-11-5-2-6-12-21)17-38-28(41)25(29(38)46-18-32)36-27(40)24(37-44-22-13-7-8-14-22)23-15-45-31(35-23)34-19-39/h1-7,9-13,15,19,22,25-26,29H,8,14,16-18H2,(H,36,40)(H,34,35,39)/t22?,25?,29-,32?/m1/s1. The van der Waals surface area contributed by atoms with Crippen LogP contribution in [0.1, 0.15) is 35.8 Å². The molecule has 2 fully saturated rings. The quantitative estimate of drug-likeness (QED) is 0.0555. The van der Waals surface area contributed by atoms with Gasteiger partial charge in [-0.25, -0.2) is 4.98 Å². The molecule has 2 aliphatic heterocycles. The number of alkyl halides is 1. The molecule has 238 valence electrons. The number of hydrogen-bond acceptors (Lipinski definition) is 10. The van der Waals surface area contributed by atoms with Crippen LogP contribution < -0.4 is 10.6 Å². The van der Waals surface area contributed by atoms with Gasteiger partial charge >= 0.3 is 5.97 Å². The Hall–Kier alpha value is -4.20. The molecule has 0 radical (unpaired) electrons. The highest BCUT2D eigenvalue weighted by Gasteiger charge is 2.58. The summed E-state index contributed by atoms with van der Waals surface area (Å²) in [7, 11) is 0. The van der Waals surface area contributed by atoms with E-state index < -0.39 is 34.8 Å². The first-order valence-electron chi connectivity index (χ1n) is 14.6. The molecule has 46 heavy (non-hydrogen) atoms. The summed E-state index contributed by atoms with van der Waals surface area (Å²) < 4.78 is 6.15. The Bertz CT molecular complexity index is 1620. The SMILES string of the molecule is O=CNc1nc(C(=NOC2C=CCC2)C(=O)NC2C(=O)N3CC(CCl)(C(=O)OC(c4ccccc4)c4ccccc4)CS[C@H]23)cs1. The summed E-state index contributed by atoms with van der Waals surface area (Å²) in [6.45, 7) is 0.0549. The highest BCUT2D eigenvalue weighted by atomic mass is 35.5. The number of ether oxygens (including phenoxy) is 1. The number of amides is 3. The lowest BCUT2D eigenvalue weighted by Gasteiger charge is -2.53. The molecule has 3 heterocycles. The third kappa shape index (κ3) is 6.53. The van der Waals surface area contributed by atoms with Gasteiger partial charge in [0.2, 0.25) is 12.3 Å². The maximum absolute atomic E-state index is 13.8. The summed E-state index contributed by atoms with van der Waals surface area (Å²) in [5.41, 5.74) is 0.566. The van der Waals surface area contributed by atoms with Crippen LogP contribution in [0, 0.1) is 5.41 Å². The number of aromatic nitrogens is 1.